The van der Waals surface area contributed by atoms with Gasteiger partial charge in [0.05, 0.1) is 5.69 Å². The lowest BCUT2D eigenvalue weighted by molar-refractivity contribution is -0.150. The van der Waals surface area contributed by atoms with E-state index in [4.69, 9.17) is 9.26 Å². The van der Waals surface area contributed by atoms with E-state index in [0.717, 1.165) is 4.90 Å². The van der Waals surface area contributed by atoms with Crippen LogP contribution in [0.4, 0.5) is 10.7 Å². The van der Waals surface area contributed by atoms with E-state index < -0.39 is 42.5 Å². The maximum Gasteiger partial charge on any atom is 0.326 e. The predicted molar refractivity (Wildman–Crippen MR) is 89.1 cm³/mol. The van der Waals surface area contributed by atoms with Gasteiger partial charge in [0.1, 0.15) is 12.1 Å². The molecule has 0 atom stereocenters. The van der Waals surface area contributed by atoms with Crippen LogP contribution in [0, 0.1) is 0 Å². The smallest absolute Gasteiger partial charge is 0.326 e. The lowest BCUT2D eigenvalue weighted by Gasteiger charge is -2.15. The maximum absolute atomic E-state index is 12.0. The van der Waals surface area contributed by atoms with Crippen molar-refractivity contribution < 1.29 is 28.4 Å². The number of urea groups is 1. The molecule has 1 aromatic rings. The van der Waals surface area contributed by atoms with Crippen LogP contribution in [0.2, 0.25) is 0 Å². The summed E-state index contributed by atoms with van der Waals surface area (Å²) in [4.78, 5) is 48.0. The van der Waals surface area contributed by atoms with Gasteiger partial charge in [0.2, 0.25) is 5.88 Å². The number of amides is 4. The Morgan fingerprint density at radius 2 is 2.00 bits per heavy atom. The van der Waals surface area contributed by atoms with Gasteiger partial charge < -0.3 is 14.6 Å². The number of rotatable bonds is 5. The molecule has 0 aromatic carbocycles. The molecule has 0 aliphatic carbocycles. The molecule has 2 heterocycles. The zero-order chi connectivity index (χ0) is 19.7. The molecule has 26 heavy (non-hydrogen) atoms. The summed E-state index contributed by atoms with van der Waals surface area (Å²) in [6.45, 7) is 7.71. The van der Waals surface area contributed by atoms with Crippen LogP contribution in [0.3, 0.4) is 0 Å². The van der Waals surface area contributed by atoms with Gasteiger partial charge in [-0.1, -0.05) is 25.9 Å². The van der Waals surface area contributed by atoms with Crippen molar-refractivity contribution in [2.75, 3.05) is 18.5 Å². The summed E-state index contributed by atoms with van der Waals surface area (Å²) in [5.41, 5.74) is -0.660. The summed E-state index contributed by atoms with van der Waals surface area (Å²) in [5, 5.41) is 8.70. The van der Waals surface area contributed by atoms with Crippen molar-refractivity contribution in [1.82, 2.24) is 15.4 Å². The predicted octanol–water partition coefficient (Wildman–Crippen LogP) is 0.784. The highest BCUT2D eigenvalue weighted by Crippen LogP contribution is 2.23. The number of carbonyl (C=O) groups is 4. The number of carbonyl (C=O) groups excluding carboxylic acids is 4. The Hall–Kier alpha value is -2.91. The molecule has 0 radical (unpaired) electrons. The molecule has 4 amide bonds. The zero-order valence-electron chi connectivity index (χ0n) is 15.3. The molecule has 0 unspecified atom stereocenters. The third-order valence-electron chi connectivity index (χ3n) is 3.64. The standard InChI is InChI=1S/C16H22N4O6/c1-15(2,3)9-6-11(26-19-9)17-10(21)8-25-12(22)7-20-13(23)16(4,5)18-14(20)24/h6H,7-8H2,1-5H3,(H,17,21)(H,18,24). The van der Waals surface area contributed by atoms with Crippen molar-refractivity contribution in [3.8, 4) is 0 Å². The van der Waals surface area contributed by atoms with E-state index in [1.165, 1.54) is 13.8 Å². The molecule has 10 nitrogen and oxygen atoms in total. The van der Waals surface area contributed by atoms with Gasteiger partial charge in [-0.15, -0.1) is 0 Å². The minimum Gasteiger partial charge on any atom is -0.454 e. The molecule has 1 aliphatic heterocycles. The summed E-state index contributed by atoms with van der Waals surface area (Å²) in [6.07, 6.45) is 0. The Bertz CT molecular complexity index is 746. The van der Waals surface area contributed by atoms with Gasteiger partial charge in [-0.3, -0.25) is 24.6 Å². The first kappa shape index (κ1) is 19.4. The van der Waals surface area contributed by atoms with Crippen molar-refractivity contribution in [2.45, 2.75) is 45.6 Å². The second-order valence-corrected chi connectivity index (χ2v) is 7.48. The molecule has 1 fully saturated rings. The fourth-order valence-corrected chi connectivity index (χ4v) is 2.14. The molecule has 10 heteroatoms. The molecule has 142 valence electrons. The molecule has 1 saturated heterocycles. The lowest BCUT2D eigenvalue weighted by atomic mass is 9.92. The molecule has 0 spiro atoms. The number of anilines is 1. The quantitative estimate of drug-likeness (QED) is 0.581. The minimum absolute atomic E-state index is 0.131. The molecule has 1 aromatic heterocycles. The summed E-state index contributed by atoms with van der Waals surface area (Å²) in [5.74, 6) is -1.92. The number of hydrogen-bond acceptors (Lipinski definition) is 7. The van der Waals surface area contributed by atoms with Crippen LogP contribution in [-0.2, 0) is 24.5 Å². The third-order valence-corrected chi connectivity index (χ3v) is 3.64. The Kier molecular flexibility index (Phi) is 5.06. The van der Waals surface area contributed by atoms with Gasteiger partial charge in [0, 0.05) is 11.5 Å². The molecule has 1 aliphatic rings. The van der Waals surface area contributed by atoms with E-state index in [9.17, 15) is 19.2 Å². The first-order valence-electron chi connectivity index (χ1n) is 7.97. The fraction of sp³-hybridized carbons (Fsp3) is 0.562. The van der Waals surface area contributed by atoms with Gasteiger partial charge >= 0.3 is 12.0 Å². The molecule has 0 saturated carbocycles. The average Bonchev–Trinajstić information content (AvgIpc) is 3.04. The van der Waals surface area contributed by atoms with E-state index in [2.05, 4.69) is 15.8 Å². The molecular formula is C16H22N4O6. The first-order chi connectivity index (χ1) is 11.9. The summed E-state index contributed by atoms with van der Waals surface area (Å²) in [6, 6.07) is 0.896. The number of nitrogens with zero attached hydrogens (tertiary/aromatic N) is 2. The van der Waals surface area contributed by atoms with E-state index in [0.29, 0.717) is 5.69 Å². The van der Waals surface area contributed by atoms with Gasteiger partial charge in [-0.25, -0.2) is 4.79 Å². The van der Waals surface area contributed by atoms with E-state index in [1.54, 1.807) is 6.07 Å². The lowest BCUT2D eigenvalue weighted by Crippen LogP contribution is -2.41. The van der Waals surface area contributed by atoms with Crippen molar-refractivity contribution in [1.29, 1.82) is 0 Å². The second-order valence-electron chi connectivity index (χ2n) is 7.48. The van der Waals surface area contributed by atoms with Crippen molar-refractivity contribution >= 4 is 29.7 Å². The zero-order valence-corrected chi connectivity index (χ0v) is 15.3. The van der Waals surface area contributed by atoms with Crippen LogP contribution in [0.1, 0.15) is 40.3 Å². The Morgan fingerprint density at radius 3 is 2.50 bits per heavy atom. The van der Waals surface area contributed by atoms with Gasteiger partial charge in [0.15, 0.2) is 6.61 Å². The van der Waals surface area contributed by atoms with Gasteiger partial charge in [-0.05, 0) is 13.8 Å². The Morgan fingerprint density at radius 1 is 1.35 bits per heavy atom. The van der Waals surface area contributed by atoms with E-state index in [-0.39, 0.29) is 11.3 Å². The molecular weight excluding hydrogens is 344 g/mol. The summed E-state index contributed by atoms with van der Waals surface area (Å²) in [7, 11) is 0. The summed E-state index contributed by atoms with van der Waals surface area (Å²) < 4.78 is 9.79. The number of hydrogen-bond donors (Lipinski definition) is 2. The highest BCUT2D eigenvalue weighted by molar-refractivity contribution is 6.08. The Labute approximate surface area is 150 Å². The first-order valence-corrected chi connectivity index (χ1v) is 7.97. The third kappa shape index (κ3) is 4.38. The molecule has 2 N–H and O–H groups in total. The van der Waals surface area contributed by atoms with Gasteiger partial charge in [-0.2, -0.15) is 0 Å². The number of esters is 1. The topological polar surface area (TPSA) is 131 Å². The van der Waals surface area contributed by atoms with Crippen LogP contribution >= 0.6 is 0 Å². The van der Waals surface area contributed by atoms with Crippen molar-refractivity contribution in [3.63, 3.8) is 0 Å². The highest BCUT2D eigenvalue weighted by Gasteiger charge is 2.45. The largest absolute Gasteiger partial charge is 0.454 e. The van der Waals surface area contributed by atoms with Crippen molar-refractivity contribution in [2.24, 2.45) is 0 Å². The van der Waals surface area contributed by atoms with Crippen LogP contribution in [0.5, 0.6) is 0 Å². The van der Waals surface area contributed by atoms with Crippen molar-refractivity contribution in [3.05, 3.63) is 11.8 Å². The highest BCUT2D eigenvalue weighted by atomic mass is 16.5. The Balaban J connectivity index is 1.82. The molecule has 0 bridgehead atoms. The fourth-order valence-electron chi connectivity index (χ4n) is 2.14. The monoisotopic (exact) mass is 366 g/mol. The normalized spacial score (nSPS) is 16.4. The second kappa shape index (κ2) is 6.77. The minimum atomic E-state index is -1.08. The number of imide groups is 1. The SMILES string of the molecule is CC1(C)NC(=O)N(CC(=O)OCC(=O)Nc2cc(C(C)(C)C)no2)C1=O. The van der Waals surface area contributed by atoms with E-state index in [1.807, 2.05) is 20.8 Å². The average molecular weight is 366 g/mol. The maximum atomic E-state index is 12.0. The summed E-state index contributed by atoms with van der Waals surface area (Å²) >= 11 is 0. The number of nitrogens with one attached hydrogen (secondary N) is 2. The number of aromatic nitrogens is 1. The van der Waals surface area contributed by atoms with Crippen LogP contribution < -0.4 is 10.6 Å². The van der Waals surface area contributed by atoms with Gasteiger partial charge in [0.25, 0.3) is 11.8 Å². The molecule has 2 rings (SSSR count). The number of ether oxygens (including phenoxy) is 1. The van der Waals surface area contributed by atoms with E-state index >= 15 is 0 Å². The van der Waals surface area contributed by atoms with Crippen LogP contribution in [-0.4, -0.2) is 52.6 Å². The van der Waals surface area contributed by atoms with Crippen LogP contribution in [0.15, 0.2) is 10.6 Å². The van der Waals surface area contributed by atoms with Crippen LogP contribution in [0.25, 0.3) is 0 Å².